The highest BCUT2D eigenvalue weighted by Crippen LogP contribution is 2.23. The minimum Gasteiger partial charge on any atom is -0.308 e. The monoisotopic (exact) mass is 449 g/mol. The third kappa shape index (κ3) is 4.30. The van der Waals surface area contributed by atoms with Crippen molar-refractivity contribution in [1.82, 2.24) is 14.5 Å². The van der Waals surface area contributed by atoms with Gasteiger partial charge in [-0.3, -0.25) is 0 Å². The largest absolute Gasteiger partial charge is 0.323 e. The maximum absolute atomic E-state index is 12.3. The number of anilines is 2. The molecule has 7 heteroatoms. The number of carbonyl (C=O) groups excluding carboxylic acids is 1. The first-order valence-corrected chi connectivity index (χ1v) is 10.0. The Hall–Kier alpha value is -3.19. The third-order valence-corrected chi connectivity index (χ3v) is 5.16. The number of aromatic nitrogens is 3. The number of halogens is 1. The van der Waals surface area contributed by atoms with E-state index in [2.05, 4.69) is 48.2 Å². The van der Waals surface area contributed by atoms with Gasteiger partial charge in [0.1, 0.15) is 11.3 Å². The molecule has 0 radical (unpaired) electrons. The van der Waals surface area contributed by atoms with E-state index in [1.807, 2.05) is 62.4 Å². The lowest BCUT2D eigenvalue weighted by Crippen LogP contribution is -2.20. The van der Waals surface area contributed by atoms with E-state index in [4.69, 9.17) is 4.98 Å². The maximum Gasteiger partial charge on any atom is 0.323 e. The summed E-state index contributed by atoms with van der Waals surface area (Å²) in [5.74, 6) is 0.876. The Balaban J connectivity index is 1.59. The summed E-state index contributed by atoms with van der Waals surface area (Å²) in [6, 6.07) is 19.1. The van der Waals surface area contributed by atoms with Gasteiger partial charge in [0.05, 0.1) is 17.9 Å². The number of para-hydroxylation sites is 1. The quantitative estimate of drug-likeness (QED) is 0.431. The molecule has 146 valence electrons. The van der Waals surface area contributed by atoms with Crippen LogP contribution in [-0.2, 0) is 6.54 Å². The van der Waals surface area contributed by atoms with Crippen LogP contribution in [0.5, 0.6) is 0 Å². The van der Waals surface area contributed by atoms with E-state index in [0.717, 1.165) is 32.8 Å². The second-order valence-corrected chi connectivity index (χ2v) is 7.70. The Morgan fingerprint density at radius 3 is 2.45 bits per heavy atom. The summed E-state index contributed by atoms with van der Waals surface area (Å²) in [6.45, 7) is 4.53. The van der Waals surface area contributed by atoms with Crippen molar-refractivity contribution in [3.63, 3.8) is 0 Å². The van der Waals surface area contributed by atoms with E-state index in [-0.39, 0.29) is 6.03 Å². The predicted octanol–water partition coefficient (Wildman–Crippen LogP) is 5.50. The van der Waals surface area contributed by atoms with Gasteiger partial charge in [-0.1, -0.05) is 46.3 Å². The van der Waals surface area contributed by atoms with Gasteiger partial charge in [0.2, 0.25) is 0 Å². The van der Waals surface area contributed by atoms with Gasteiger partial charge in [0.25, 0.3) is 0 Å². The molecule has 2 amide bonds. The smallest absolute Gasteiger partial charge is 0.308 e. The summed E-state index contributed by atoms with van der Waals surface area (Å²) in [6.07, 6.45) is 0. The molecular weight excluding hydrogens is 430 g/mol. The van der Waals surface area contributed by atoms with E-state index in [1.165, 1.54) is 5.56 Å². The molecule has 0 fully saturated rings. The summed E-state index contributed by atoms with van der Waals surface area (Å²) < 4.78 is 3.13. The molecule has 0 saturated heterocycles. The minimum atomic E-state index is -0.313. The van der Waals surface area contributed by atoms with Crippen LogP contribution >= 0.6 is 15.9 Å². The number of rotatable bonds is 4. The molecule has 0 atom stereocenters. The number of hydrogen-bond acceptors (Lipinski definition) is 3. The SMILES string of the molecule is Cc1nc2c(cc1NC(=O)Nc1ccccc1)nc(C)n2Cc1ccc(Br)cc1. The summed E-state index contributed by atoms with van der Waals surface area (Å²) in [4.78, 5) is 21.7. The number of pyridine rings is 1. The van der Waals surface area contributed by atoms with Gasteiger partial charge in [0.15, 0.2) is 5.65 Å². The van der Waals surface area contributed by atoms with Crippen LogP contribution in [0.2, 0.25) is 0 Å². The van der Waals surface area contributed by atoms with Gasteiger partial charge in [0, 0.05) is 10.2 Å². The van der Waals surface area contributed by atoms with Crippen molar-refractivity contribution in [3.8, 4) is 0 Å². The highest BCUT2D eigenvalue weighted by Gasteiger charge is 2.14. The van der Waals surface area contributed by atoms with Gasteiger partial charge in [-0.25, -0.2) is 14.8 Å². The molecule has 2 aromatic carbocycles. The predicted molar refractivity (Wildman–Crippen MR) is 119 cm³/mol. The Bertz CT molecular complexity index is 1170. The molecule has 2 aromatic heterocycles. The van der Waals surface area contributed by atoms with Crippen LogP contribution in [0, 0.1) is 13.8 Å². The Morgan fingerprint density at radius 1 is 1.00 bits per heavy atom. The van der Waals surface area contributed by atoms with Crippen LogP contribution in [0.4, 0.5) is 16.2 Å². The van der Waals surface area contributed by atoms with Crippen molar-refractivity contribution in [2.24, 2.45) is 0 Å². The Kier molecular flexibility index (Phi) is 5.31. The average Bonchev–Trinajstić information content (AvgIpc) is 2.99. The average molecular weight is 450 g/mol. The molecule has 2 N–H and O–H groups in total. The zero-order chi connectivity index (χ0) is 20.4. The summed E-state index contributed by atoms with van der Waals surface area (Å²) in [5.41, 5.74) is 4.82. The minimum absolute atomic E-state index is 0.313. The lowest BCUT2D eigenvalue weighted by Gasteiger charge is -2.11. The fraction of sp³-hybridized carbons (Fsp3) is 0.136. The van der Waals surface area contributed by atoms with Crippen LogP contribution < -0.4 is 10.6 Å². The van der Waals surface area contributed by atoms with Crippen LogP contribution in [0.15, 0.2) is 65.1 Å². The van der Waals surface area contributed by atoms with Crippen LogP contribution in [-0.4, -0.2) is 20.6 Å². The highest BCUT2D eigenvalue weighted by molar-refractivity contribution is 9.10. The van der Waals surface area contributed by atoms with E-state index in [1.54, 1.807) is 0 Å². The molecule has 29 heavy (non-hydrogen) atoms. The number of nitrogens with zero attached hydrogens (tertiary/aromatic N) is 3. The molecule has 0 bridgehead atoms. The highest BCUT2D eigenvalue weighted by atomic mass is 79.9. The van der Waals surface area contributed by atoms with Crippen molar-refractivity contribution in [2.75, 3.05) is 10.6 Å². The number of benzene rings is 2. The number of nitrogens with one attached hydrogen (secondary N) is 2. The number of fused-ring (bicyclic) bond motifs is 1. The van der Waals surface area contributed by atoms with E-state index in [0.29, 0.717) is 12.2 Å². The fourth-order valence-corrected chi connectivity index (χ4v) is 3.41. The van der Waals surface area contributed by atoms with Crippen molar-refractivity contribution in [1.29, 1.82) is 0 Å². The number of aryl methyl sites for hydroxylation is 2. The third-order valence-electron chi connectivity index (χ3n) is 4.64. The number of urea groups is 1. The molecule has 4 rings (SSSR count). The van der Waals surface area contributed by atoms with E-state index >= 15 is 0 Å². The fourth-order valence-electron chi connectivity index (χ4n) is 3.15. The van der Waals surface area contributed by atoms with Gasteiger partial charge < -0.3 is 15.2 Å². The molecule has 0 aliphatic carbocycles. The summed E-state index contributed by atoms with van der Waals surface area (Å²) in [5, 5.41) is 5.68. The van der Waals surface area contributed by atoms with Gasteiger partial charge >= 0.3 is 6.03 Å². The lowest BCUT2D eigenvalue weighted by atomic mass is 10.2. The van der Waals surface area contributed by atoms with Crippen molar-refractivity contribution < 1.29 is 4.79 Å². The molecule has 6 nitrogen and oxygen atoms in total. The van der Waals surface area contributed by atoms with Crippen LogP contribution in [0.1, 0.15) is 17.1 Å². The first-order valence-electron chi connectivity index (χ1n) is 9.21. The van der Waals surface area contributed by atoms with Crippen molar-refractivity contribution >= 4 is 44.5 Å². The molecule has 4 aromatic rings. The van der Waals surface area contributed by atoms with E-state index in [9.17, 15) is 4.79 Å². The molecule has 0 aliphatic rings. The van der Waals surface area contributed by atoms with Gasteiger partial charge in [-0.15, -0.1) is 0 Å². The zero-order valence-corrected chi connectivity index (χ0v) is 17.7. The summed E-state index contributed by atoms with van der Waals surface area (Å²) in [7, 11) is 0. The first kappa shape index (κ1) is 19.1. The Morgan fingerprint density at radius 2 is 1.72 bits per heavy atom. The molecule has 2 heterocycles. The van der Waals surface area contributed by atoms with Gasteiger partial charge in [-0.2, -0.15) is 0 Å². The van der Waals surface area contributed by atoms with Gasteiger partial charge in [-0.05, 0) is 49.7 Å². The second-order valence-electron chi connectivity index (χ2n) is 6.78. The second kappa shape index (κ2) is 8.05. The lowest BCUT2D eigenvalue weighted by molar-refractivity contribution is 0.262. The number of carbonyl (C=O) groups is 1. The molecular formula is C22H20BrN5O. The topological polar surface area (TPSA) is 71.8 Å². The van der Waals surface area contributed by atoms with Crippen LogP contribution in [0.25, 0.3) is 11.2 Å². The summed E-state index contributed by atoms with van der Waals surface area (Å²) >= 11 is 3.46. The molecule has 0 aliphatic heterocycles. The number of amides is 2. The molecule has 0 unspecified atom stereocenters. The van der Waals surface area contributed by atoms with Crippen molar-refractivity contribution in [2.45, 2.75) is 20.4 Å². The van der Waals surface area contributed by atoms with E-state index < -0.39 is 0 Å². The van der Waals surface area contributed by atoms with Crippen molar-refractivity contribution in [3.05, 3.63) is 82.2 Å². The standard InChI is InChI=1S/C22H20BrN5O/c1-14-19(27-22(29)26-18-6-4-3-5-7-18)12-20-21(24-14)28(15(2)25-20)13-16-8-10-17(23)11-9-16/h3-12H,13H2,1-2H3,(H2,26,27,29). The number of imidazole rings is 1. The Labute approximate surface area is 177 Å². The normalized spacial score (nSPS) is 10.9. The number of hydrogen-bond donors (Lipinski definition) is 2. The molecule has 0 spiro atoms. The maximum atomic E-state index is 12.3. The molecule has 0 saturated carbocycles. The first-order chi connectivity index (χ1) is 14.0. The van der Waals surface area contributed by atoms with Crippen LogP contribution in [0.3, 0.4) is 0 Å². The zero-order valence-electron chi connectivity index (χ0n) is 16.1.